The van der Waals surface area contributed by atoms with Crippen LogP contribution in [0.3, 0.4) is 0 Å². The molecule has 15 heavy (non-hydrogen) atoms. The van der Waals surface area contributed by atoms with Gasteiger partial charge in [0.25, 0.3) is 0 Å². The number of aromatic nitrogens is 2. The van der Waals surface area contributed by atoms with E-state index in [1.165, 1.54) is 19.1 Å². The molecule has 5 heteroatoms. The standard InChI is InChI=1S/C10H7F2IN2/c1-5-2-8(12)6(3-7(5)11)10-9(13)4-14-15-10/h2-4H,1H3,(H,14,15). The van der Waals surface area contributed by atoms with Crippen LogP contribution >= 0.6 is 22.6 Å². The Kier molecular flexibility index (Phi) is 2.72. The van der Waals surface area contributed by atoms with Crippen molar-refractivity contribution >= 4 is 22.6 Å². The molecule has 0 radical (unpaired) electrons. The summed E-state index contributed by atoms with van der Waals surface area (Å²) < 4.78 is 27.6. The molecule has 0 aliphatic carbocycles. The first kappa shape index (κ1) is 10.5. The Morgan fingerprint density at radius 3 is 2.60 bits per heavy atom. The van der Waals surface area contributed by atoms with Gasteiger partial charge < -0.3 is 0 Å². The molecule has 1 N–H and O–H groups in total. The van der Waals surface area contributed by atoms with E-state index in [0.29, 0.717) is 11.3 Å². The first-order chi connectivity index (χ1) is 7.09. The lowest BCUT2D eigenvalue weighted by Gasteiger charge is -2.03. The van der Waals surface area contributed by atoms with E-state index >= 15 is 0 Å². The summed E-state index contributed by atoms with van der Waals surface area (Å²) in [5.41, 5.74) is 1.01. The van der Waals surface area contributed by atoms with Gasteiger partial charge in [0.2, 0.25) is 0 Å². The first-order valence-electron chi connectivity index (χ1n) is 4.24. The Hall–Kier alpha value is -0.980. The lowest BCUT2D eigenvalue weighted by molar-refractivity contribution is 0.594. The Bertz CT molecular complexity index is 508. The highest BCUT2D eigenvalue weighted by atomic mass is 127. The number of H-pyrrole nitrogens is 1. The third-order valence-corrected chi connectivity index (χ3v) is 2.93. The molecule has 2 nitrogen and oxygen atoms in total. The molecule has 2 aromatic rings. The van der Waals surface area contributed by atoms with Gasteiger partial charge in [-0.15, -0.1) is 0 Å². The summed E-state index contributed by atoms with van der Waals surface area (Å²) in [6.45, 7) is 1.53. The number of nitrogens with one attached hydrogen (secondary N) is 1. The predicted molar refractivity (Wildman–Crippen MR) is 61.4 cm³/mol. The molecule has 0 amide bonds. The second-order valence-corrected chi connectivity index (χ2v) is 4.34. The van der Waals surface area contributed by atoms with Crippen LogP contribution in [-0.2, 0) is 0 Å². The maximum Gasteiger partial charge on any atom is 0.133 e. The third kappa shape index (κ3) is 1.88. The molecule has 1 aromatic carbocycles. The van der Waals surface area contributed by atoms with Crippen molar-refractivity contribution in [2.24, 2.45) is 0 Å². The van der Waals surface area contributed by atoms with E-state index in [-0.39, 0.29) is 5.56 Å². The van der Waals surface area contributed by atoms with Crippen LogP contribution in [-0.4, -0.2) is 10.2 Å². The minimum absolute atomic E-state index is 0.208. The molecule has 0 fully saturated rings. The third-order valence-electron chi connectivity index (χ3n) is 2.11. The average molecular weight is 320 g/mol. The monoisotopic (exact) mass is 320 g/mol. The molecule has 1 aromatic heterocycles. The summed E-state index contributed by atoms with van der Waals surface area (Å²) in [7, 11) is 0. The number of aryl methyl sites for hydroxylation is 1. The van der Waals surface area contributed by atoms with Crippen LogP contribution < -0.4 is 0 Å². The topological polar surface area (TPSA) is 28.7 Å². The van der Waals surface area contributed by atoms with Gasteiger partial charge in [-0.25, -0.2) is 8.78 Å². The quantitative estimate of drug-likeness (QED) is 0.803. The van der Waals surface area contributed by atoms with Crippen molar-refractivity contribution in [3.8, 4) is 11.3 Å². The maximum atomic E-state index is 13.6. The molecular formula is C10H7F2IN2. The Balaban J connectivity index is 2.64. The molecule has 0 atom stereocenters. The summed E-state index contributed by atoms with van der Waals surface area (Å²) in [5.74, 6) is -0.868. The highest BCUT2D eigenvalue weighted by Gasteiger charge is 2.13. The van der Waals surface area contributed by atoms with Crippen molar-refractivity contribution in [1.82, 2.24) is 10.2 Å². The van der Waals surface area contributed by atoms with Crippen molar-refractivity contribution in [2.75, 3.05) is 0 Å². The van der Waals surface area contributed by atoms with Gasteiger partial charge in [-0.2, -0.15) is 5.10 Å². The maximum absolute atomic E-state index is 13.6. The van der Waals surface area contributed by atoms with Crippen LogP contribution in [0, 0.1) is 22.1 Å². The SMILES string of the molecule is Cc1cc(F)c(-c2[nH]ncc2I)cc1F. The van der Waals surface area contributed by atoms with Gasteiger partial charge in [0.1, 0.15) is 11.6 Å². The molecule has 0 aliphatic heterocycles. The molecule has 2 rings (SSSR count). The van der Waals surface area contributed by atoms with Gasteiger partial charge in [0.05, 0.1) is 15.5 Å². The van der Waals surface area contributed by atoms with Crippen molar-refractivity contribution in [2.45, 2.75) is 6.92 Å². The smallest absolute Gasteiger partial charge is 0.133 e. The van der Waals surface area contributed by atoms with Crippen LogP contribution in [0.1, 0.15) is 5.56 Å². The van der Waals surface area contributed by atoms with Gasteiger partial charge in [-0.3, -0.25) is 5.10 Å². The first-order valence-corrected chi connectivity index (χ1v) is 5.32. The number of nitrogens with zero attached hydrogens (tertiary/aromatic N) is 1. The minimum Gasteiger partial charge on any atom is -0.277 e. The molecular weight excluding hydrogens is 313 g/mol. The second-order valence-electron chi connectivity index (χ2n) is 3.17. The van der Waals surface area contributed by atoms with E-state index < -0.39 is 11.6 Å². The normalized spacial score (nSPS) is 10.7. The van der Waals surface area contributed by atoms with Gasteiger partial charge >= 0.3 is 0 Å². The number of benzene rings is 1. The zero-order valence-electron chi connectivity index (χ0n) is 7.81. The zero-order valence-corrected chi connectivity index (χ0v) is 9.97. The fraction of sp³-hybridized carbons (Fsp3) is 0.100. The summed E-state index contributed by atoms with van der Waals surface area (Å²) >= 11 is 2.01. The summed E-state index contributed by atoms with van der Waals surface area (Å²) in [4.78, 5) is 0. The number of hydrogen-bond donors (Lipinski definition) is 1. The van der Waals surface area contributed by atoms with Gasteiger partial charge in [0.15, 0.2) is 0 Å². The van der Waals surface area contributed by atoms with Crippen molar-refractivity contribution in [1.29, 1.82) is 0 Å². The predicted octanol–water partition coefficient (Wildman–Crippen LogP) is 3.27. The Morgan fingerprint density at radius 1 is 1.27 bits per heavy atom. The average Bonchev–Trinajstić information content (AvgIpc) is 2.58. The van der Waals surface area contributed by atoms with Gasteiger partial charge in [0, 0.05) is 5.56 Å². The Morgan fingerprint density at radius 2 is 2.00 bits per heavy atom. The molecule has 0 unspecified atom stereocenters. The van der Waals surface area contributed by atoms with E-state index in [0.717, 1.165) is 3.57 Å². The fourth-order valence-corrected chi connectivity index (χ4v) is 1.85. The second kappa shape index (κ2) is 3.88. The lowest BCUT2D eigenvalue weighted by Crippen LogP contribution is -1.91. The summed E-state index contributed by atoms with van der Waals surface area (Å²) in [6, 6.07) is 2.36. The lowest BCUT2D eigenvalue weighted by atomic mass is 10.1. The zero-order chi connectivity index (χ0) is 11.0. The van der Waals surface area contributed by atoms with Crippen LogP contribution in [0.25, 0.3) is 11.3 Å². The van der Waals surface area contributed by atoms with Crippen molar-refractivity contribution in [3.05, 3.63) is 39.1 Å². The van der Waals surface area contributed by atoms with Crippen LogP contribution in [0.4, 0.5) is 8.78 Å². The van der Waals surface area contributed by atoms with E-state index in [9.17, 15) is 8.78 Å². The minimum atomic E-state index is -0.448. The number of hydrogen-bond acceptors (Lipinski definition) is 1. The molecule has 0 saturated carbocycles. The number of halogens is 3. The van der Waals surface area contributed by atoms with Crippen LogP contribution in [0.15, 0.2) is 18.3 Å². The van der Waals surface area contributed by atoms with Crippen molar-refractivity contribution in [3.63, 3.8) is 0 Å². The van der Waals surface area contributed by atoms with E-state index in [1.807, 2.05) is 22.6 Å². The summed E-state index contributed by atoms with van der Waals surface area (Å²) in [5, 5.41) is 6.41. The van der Waals surface area contributed by atoms with E-state index in [4.69, 9.17) is 0 Å². The van der Waals surface area contributed by atoms with E-state index in [1.54, 1.807) is 6.20 Å². The molecule has 0 saturated heterocycles. The van der Waals surface area contributed by atoms with Gasteiger partial charge in [-0.1, -0.05) is 0 Å². The van der Waals surface area contributed by atoms with Crippen LogP contribution in [0.2, 0.25) is 0 Å². The highest BCUT2D eigenvalue weighted by molar-refractivity contribution is 14.1. The fourth-order valence-electron chi connectivity index (χ4n) is 1.30. The molecule has 0 aliphatic rings. The largest absolute Gasteiger partial charge is 0.277 e. The number of rotatable bonds is 1. The molecule has 0 spiro atoms. The number of aromatic amines is 1. The molecule has 78 valence electrons. The van der Waals surface area contributed by atoms with Crippen LogP contribution in [0.5, 0.6) is 0 Å². The summed E-state index contributed by atoms with van der Waals surface area (Å²) in [6.07, 6.45) is 1.56. The highest BCUT2D eigenvalue weighted by Crippen LogP contribution is 2.27. The van der Waals surface area contributed by atoms with Gasteiger partial charge in [-0.05, 0) is 47.2 Å². The van der Waals surface area contributed by atoms with E-state index in [2.05, 4.69) is 10.2 Å². The molecule has 1 heterocycles. The molecule has 0 bridgehead atoms. The van der Waals surface area contributed by atoms with Crippen molar-refractivity contribution < 1.29 is 8.78 Å². The Labute approximate surface area is 98.8 Å².